The van der Waals surface area contributed by atoms with Crippen LogP contribution in [0.5, 0.6) is 0 Å². The van der Waals surface area contributed by atoms with Crippen molar-refractivity contribution in [3.63, 3.8) is 0 Å². The van der Waals surface area contributed by atoms with Crippen LogP contribution in [0.4, 0.5) is 5.69 Å². The summed E-state index contributed by atoms with van der Waals surface area (Å²) >= 11 is 11.9. The monoisotopic (exact) mass is 392 g/mol. The molecule has 0 bridgehead atoms. The second kappa shape index (κ2) is 9.60. The Balaban J connectivity index is 1.75. The van der Waals surface area contributed by atoms with Crippen molar-refractivity contribution in [3.8, 4) is 0 Å². The molecule has 2 amide bonds. The van der Waals surface area contributed by atoms with Gasteiger partial charge in [-0.15, -0.1) is 0 Å². The molecule has 138 valence electrons. The highest BCUT2D eigenvalue weighted by molar-refractivity contribution is 6.42. The molecule has 6 heteroatoms. The maximum absolute atomic E-state index is 12.2. The molecule has 0 heterocycles. The summed E-state index contributed by atoms with van der Waals surface area (Å²) in [4.78, 5) is 25.7. The zero-order valence-corrected chi connectivity index (χ0v) is 16.4. The molecule has 0 saturated carbocycles. The number of likely N-dealkylation sites (N-methyl/N-ethyl adjacent to an activating group) is 1. The van der Waals surface area contributed by atoms with Crippen LogP contribution in [0, 0.1) is 6.92 Å². The number of aryl methyl sites for hydroxylation is 2. The normalized spacial score (nSPS) is 10.5. The van der Waals surface area contributed by atoms with Crippen LogP contribution >= 0.6 is 23.2 Å². The lowest BCUT2D eigenvalue weighted by Gasteiger charge is -2.17. The van der Waals surface area contributed by atoms with Crippen LogP contribution in [0.25, 0.3) is 0 Å². The van der Waals surface area contributed by atoms with E-state index in [9.17, 15) is 9.59 Å². The molecule has 26 heavy (non-hydrogen) atoms. The Kier molecular flexibility index (Phi) is 7.49. The molecule has 2 aromatic carbocycles. The van der Waals surface area contributed by atoms with Gasteiger partial charge in [0, 0.05) is 19.2 Å². The van der Waals surface area contributed by atoms with E-state index >= 15 is 0 Å². The fraction of sp³-hybridized carbons (Fsp3) is 0.300. The second-order valence-corrected chi connectivity index (χ2v) is 7.08. The van der Waals surface area contributed by atoms with Gasteiger partial charge in [0.25, 0.3) is 0 Å². The van der Waals surface area contributed by atoms with Crippen LogP contribution in [-0.2, 0) is 16.0 Å². The molecule has 1 N–H and O–H groups in total. The van der Waals surface area contributed by atoms with Crippen LogP contribution in [-0.4, -0.2) is 30.3 Å². The molecular weight excluding hydrogens is 371 g/mol. The minimum absolute atomic E-state index is 0.0273. The average Bonchev–Trinajstić information content (AvgIpc) is 2.60. The van der Waals surface area contributed by atoms with E-state index in [1.807, 2.05) is 43.3 Å². The summed E-state index contributed by atoms with van der Waals surface area (Å²) in [5, 5.41) is 3.82. The summed E-state index contributed by atoms with van der Waals surface area (Å²) in [6.07, 6.45) is 1.78. The number of nitrogens with one attached hydrogen (secondary N) is 1. The Bertz CT molecular complexity index is 776. The van der Waals surface area contributed by atoms with E-state index in [0.29, 0.717) is 22.9 Å². The molecule has 0 saturated heterocycles. The molecule has 0 aromatic heterocycles. The number of halogens is 2. The van der Waals surface area contributed by atoms with Crippen LogP contribution in [0.2, 0.25) is 10.0 Å². The van der Waals surface area contributed by atoms with Crippen molar-refractivity contribution in [1.82, 2.24) is 4.90 Å². The number of benzene rings is 2. The fourth-order valence-corrected chi connectivity index (χ4v) is 2.79. The molecular formula is C20H22Cl2N2O2. The van der Waals surface area contributed by atoms with E-state index in [2.05, 4.69) is 5.32 Å². The SMILES string of the molecule is Cc1ccc(NC(=O)CN(C)C(=O)CCCc2ccc(Cl)c(Cl)c2)cc1. The summed E-state index contributed by atoms with van der Waals surface area (Å²) in [7, 11) is 1.64. The maximum atomic E-state index is 12.2. The molecule has 0 aliphatic carbocycles. The van der Waals surface area contributed by atoms with Gasteiger partial charge in [-0.1, -0.05) is 47.0 Å². The number of nitrogens with zero attached hydrogens (tertiary/aromatic N) is 1. The highest BCUT2D eigenvalue weighted by Crippen LogP contribution is 2.23. The Labute approximate surface area is 164 Å². The maximum Gasteiger partial charge on any atom is 0.243 e. The molecule has 0 atom stereocenters. The van der Waals surface area contributed by atoms with E-state index < -0.39 is 0 Å². The van der Waals surface area contributed by atoms with Crippen LogP contribution in [0.3, 0.4) is 0 Å². The summed E-state index contributed by atoms with van der Waals surface area (Å²) in [6.45, 7) is 2.01. The van der Waals surface area contributed by atoms with Gasteiger partial charge in [-0.2, -0.15) is 0 Å². The molecule has 2 aromatic rings. The third-order valence-electron chi connectivity index (χ3n) is 3.98. The standard InChI is InChI=1S/C20H22Cl2N2O2/c1-14-6-9-16(10-7-14)23-19(25)13-24(2)20(26)5-3-4-15-8-11-17(21)18(22)12-15/h6-12H,3-5,13H2,1-2H3,(H,23,25). The number of hydrogen-bond acceptors (Lipinski definition) is 2. The minimum Gasteiger partial charge on any atom is -0.336 e. The zero-order valence-electron chi connectivity index (χ0n) is 14.9. The van der Waals surface area contributed by atoms with Crippen LogP contribution in [0.15, 0.2) is 42.5 Å². The van der Waals surface area contributed by atoms with Crippen molar-refractivity contribution in [1.29, 1.82) is 0 Å². The average molecular weight is 393 g/mol. The van der Waals surface area contributed by atoms with Gasteiger partial charge in [-0.25, -0.2) is 0 Å². The molecule has 0 spiro atoms. The first kappa shape index (κ1) is 20.3. The summed E-state index contributed by atoms with van der Waals surface area (Å²) < 4.78 is 0. The Morgan fingerprint density at radius 1 is 1.04 bits per heavy atom. The van der Waals surface area contributed by atoms with E-state index in [1.54, 1.807) is 13.1 Å². The molecule has 0 radical (unpaired) electrons. The number of amides is 2. The predicted octanol–water partition coefficient (Wildman–Crippen LogP) is 4.72. The van der Waals surface area contributed by atoms with Crippen LogP contribution < -0.4 is 5.32 Å². The number of hydrogen-bond donors (Lipinski definition) is 1. The van der Waals surface area contributed by atoms with E-state index in [-0.39, 0.29) is 18.4 Å². The molecule has 0 fully saturated rings. The molecule has 4 nitrogen and oxygen atoms in total. The van der Waals surface area contributed by atoms with Gasteiger partial charge in [0.15, 0.2) is 0 Å². The second-order valence-electron chi connectivity index (χ2n) is 6.27. The van der Waals surface area contributed by atoms with Crippen molar-refractivity contribution >= 4 is 40.7 Å². The predicted molar refractivity (Wildman–Crippen MR) is 107 cm³/mol. The molecule has 2 rings (SSSR count). The summed E-state index contributed by atoms with van der Waals surface area (Å²) in [5.74, 6) is -0.279. The van der Waals surface area contributed by atoms with E-state index in [4.69, 9.17) is 23.2 Å². The zero-order chi connectivity index (χ0) is 19.1. The van der Waals surface area contributed by atoms with E-state index in [1.165, 1.54) is 4.90 Å². The molecule has 0 aliphatic rings. The van der Waals surface area contributed by atoms with Crippen molar-refractivity contribution in [3.05, 3.63) is 63.6 Å². The number of carbonyl (C=O) groups is 2. The minimum atomic E-state index is -0.214. The first-order chi connectivity index (χ1) is 12.3. The van der Waals surface area contributed by atoms with Crippen molar-refractivity contribution in [2.75, 3.05) is 18.9 Å². The smallest absolute Gasteiger partial charge is 0.243 e. The highest BCUT2D eigenvalue weighted by atomic mass is 35.5. The van der Waals surface area contributed by atoms with Gasteiger partial charge in [0.1, 0.15) is 0 Å². The largest absolute Gasteiger partial charge is 0.336 e. The summed E-state index contributed by atoms with van der Waals surface area (Å²) in [5.41, 5.74) is 2.88. The van der Waals surface area contributed by atoms with Gasteiger partial charge in [-0.05, 0) is 49.6 Å². The Morgan fingerprint density at radius 3 is 2.38 bits per heavy atom. The Hall–Kier alpha value is -2.04. The third kappa shape index (κ3) is 6.36. The molecule has 0 aliphatic heterocycles. The highest BCUT2D eigenvalue weighted by Gasteiger charge is 2.13. The number of rotatable bonds is 7. The first-order valence-electron chi connectivity index (χ1n) is 8.39. The van der Waals surface area contributed by atoms with Crippen molar-refractivity contribution in [2.45, 2.75) is 26.2 Å². The van der Waals surface area contributed by atoms with Gasteiger partial charge < -0.3 is 10.2 Å². The van der Waals surface area contributed by atoms with Crippen molar-refractivity contribution in [2.24, 2.45) is 0 Å². The first-order valence-corrected chi connectivity index (χ1v) is 9.15. The Morgan fingerprint density at radius 2 is 1.73 bits per heavy atom. The van der Waals surface area contributed by atoms with Gasteiger partial charge in [0.05, 0.1) is 16.6 Å². The fourth-order valence-electron chi connectivity index (χ4n) is 2.47. The molecule has 0 unspecified atom stereocenters. The lowest BCUT2D eigenvalue weighted by Crippen LogP contribution is -2.34. The third-order valence-corrected chi connectivity index (χ3v) is 4.72. The van der Waals surface area contributed by atoms with Gasteiger partial charge in [0.2, 0.25) is 11.8 Å². The number of carbonyl (C=O) groups excluding carboxylic acids is 2. The lowest BCUT2D eigenvalue weighted by atomic mass is 10.1. The van der Waals surface area contributed by atoms with Gasteiger partial charge >= 0.3 is 0 Å². The summed E-state index contributed by atoms with van der Waals surface area (Å²) in [6, 6.07) is 13.0. The lowest BCUT2D eigenvalue weighted by molar-refractivity contribution is -0.133. The van der Waals surface area contributed by atoms with Crippen molar-refractivity contribution < 1.29 is 9.59 Å². The van der Waals surface area contributed by atoms with Crippen LogP contribution in [0.1, 0.15) is 24.0 Å². The number of anilines is 1. The van der Waals surface area contributed by atoms with Gasteiger partial charge in [-0.3, -0.25) is 9.59 Å². The van der Waals surface area contributed by atoms with E-state index in [0.717, 1.165) is 23.2 Å². The topological polar surface area (TPSA) is 49.4 Å². The quantitative estimate of drug-likeness (QED) is 0.740.